The van der Waals surface area contributed by atoms with Gasteiger partial charge in [-0.1, -0.05) is 60.7 Å². The summed E-state index contributed by atoms with van der Waals surface area (Å²) < 4.78 is 11.3. The number of amides is 1. The van der Waals surface area contributed by atoms with E-state index in [1.165, 1.54) is 13.8 Å². The van der Waals surface area contributed by atoms with Gasteiger partial charge >= 0.3 is 6.09 Å². The minimum atomic E-state index is -1.41. The molecule has 0 heterocycles. The molecule has 0 saturated carbocycles. The molecule has 2 aromatic carbocycles. The van der Waals surface area contributed by atoms with Crippen molar-refractivity contribution in [2.45, 2.75) is 43.9 Å². The maximum Gasteiger partial charge on any atom is 0.410 e. The number of aliphatic hydroxyl groups is 3. The van der Waals surface area contributed by atoms with Gasteiger partial charge in [0.2, 0.25) is 5.79 Å². The Bertz CT molecular complexity index is 772. The molecule has 8 heteroatoms. The summed E-state index contributed by atoms with van der Waals surface area (Å²) >= 11 is 0. The van der Waals surface area contributed by atoms with Gasteiger partial charge in [-0.2, -0.15) is 0 Å². The third-order valence-corrected chi connectivity index (χ3v) is 4.50. The van der Waals surface area contributed by atoms with Crippen LogP contribution in [0, 0.1) is 0 Å². The molecule has 30 heavy (non-hydrogen) atoms. The smallest absolute Gasteiger partial charge is 0.410 e. The Morgan fingerprint density at radius 1 is 1.00 bits per heavy atom. The first kappa shape index (κ1) is 23.8. The lowest BCUT2D eigenvalue weighted by molar-refractivity contribution is -0.213. The van der Waals surface area contributed by atoms with E-state index < -0.39 is 42.8 Å². The zero-order chi connectivity index (χ0) is 22.1. The van der Waals surface area contributed by atoms with E-state index >= 15 is 0 Å². The standard InChI is InChI=1S/C22H30N2O6/c1-22(2,29-20(17(23)13-25)16-11-7-4-8-12-16)30-21(28)24-18(14-26)19(27)15-9-5-3-6-10-15/h3-12,17-20,25-27H,13-14,23H2,1-2H3,(H,24,28)/t17-,18-,19-,20-/m1/s1. The molecule has 0 aliphatic carbocycles. The molecular formula is C22H30N2O6. The topological polar surface area (TPSA) is 134 Å². The molecule has 0 aliphatic rings. The summed E-state index contributed by atoms with van der Waals surface area (Å²) in [5, 5.41) is 32.0. The van der Waals surface area contributed by atoms with Crippen LogP contribution < -0.4 is 11.1 Å². The molecule has 0 unspecified atom stereocenters. The van der Waals surface area contributed by atoms with Crippen molar-refractivity contribution in [1.82, 2.24) is 5.32 Å². The van der Waals surface area contributed by atoms with Gasteiger partial charge < -0.3 is 35.8 Å². The summed E-state index contributed by atoms with van der Waals surface area (Å²) in [6.45, 7) is 2.26. The number of carbonyl (C=O) groups excluding carboxylic acids is 1. The van der Waals surface area contributed by atoms with Crippen LogP contribution in [0.15, 0.2) is 60.7 Å². The monoisotopic (exact) mass is 418 g/mol. The van der Waals surface area contributed by atoms with Crippen LogP contribution in [-0.4, -0.2) is 52.5 Å². The first-order valence-electron chi connectivity index (χ1n) is 9.70. The van der Waals surface area contributed by atoms with E-state index in [2.05, 4.69) is 5.32 Å². The van der Waals surface area contributed by atoms with Crippen molar-refractivity contribution in [1.29, 1.82) is 0 Å². The third-order valence-electron chi connectivity index (χ3n) is 4.50. The Morgan fingerprint density at radius 2 is 1.53 bits per heavy atom. The molecule has 6 N–H and O–H groups in total. The SMILES string of the molecule is CC(C)(OC(=O)N[C@H](CO)[C@H](O)c1ccccc1)O[C@H](c1ccccc1)[C@H](N)CO. The Balaban J connectivity index is 2.04. The molecular weight excluding hydrogens is 388 g/mol. The summed E-state index contributed by atoms with van der Waals surface area (Å²) in [6.07, 6.45) is -2.71. The first-order chi connectivity index (χ1) is 14.3. The van der Waals surface area contributed by atoms with Crippen LogP contribution in [0.4, 0.5) is 4.79 Å². The molecule has 1 amide bonds. The number of alkyl carbamates (subject to hydrolysis) is 1. The third kappa shape index (κ3) is 6.79. The van der Waals surface area contributed by atoms with E-state index in [-0.39, 0.29) is 6.61 Å². The van der Waals surface area contributed by atoms with E-state index in [4.69, 9.17) is 15.2 Å². The number of nitrogens with one attached hydrogen (secondary N) is 1. The first-order valence-corrected chi connectivity index (χ1v) is 9.70. The lowest BCUT2D eigenvalue weighted by atomic mass is 10.0. The van der Waals surface area contributed by atoms with E-state index in [1.54, 1.807) is 42.5 Å². The molecule has 0 fully saturated rings. The van der Waals surface area contributed by atoms with Gasteiger partial charge in [0.25, 0.3) is 0 Å². The van der Waals surface area contributed by atoms with E-state index in [1.807, 2.05) is 18.2 Å². The molecule has 2 aromatic rings. The molecule has 0 aromatic heterocycles. The van der Waals surface area contributed by atoms with Crippen molar-refractivity contribution in [3.8, 4) is 0 Å². The Hall–Kier alpha value is -2.49. The molecule has 164 valence electrons. The highest BCUT2D eigenvalue weighted by molar-refractivity contribution is 5.68. The average Bonchev–Trinajstić information content (AvgIpc) is 2.75. The Morgan fingerprint density at radius 3 is 2.03 bits per heavy atom. The van der Waals surface area contributed by atoms with Crippen molar-refractivity contribution in [2.75, 3.05) is 13.2 Å². The highest BCUT2D eigenvalue weighted by atomic mass is 16.7. The second kappa shape index (κ2) is 11.1. The predicted octanol–water partition coefficient (Wildman–Crippen LogP) is 1.62. The molecule has 2 rings (SSSR count). The van der Waals surface area contributed by atoms with Crippen LogP contribution in [0.1, 0.15) is 37.2 Å². The van der Waals surface area contributed by atoms with Gasteiger partial charge in [0.15, 0.2) is 0 Å². The maximum atomic E-state index is 12.4. The molecule has 8 nitrogen and oxygen atoms in total. The number of hydrogen-bond acceptors (Lipinski definition) is 7. The van der Waals surface area contributed by atoms with Crippen LogP contribution in [-0.2, 0) is 9.47 Å². The molecule has 0 aliphatic heterocycles. The average molecular weight is 418 g/mol. The van der Waals surface area contributed by atoms with E-state index in [0.29, 0.717) is 5.56 Å². The van der Waals surface area contributed by atoms with Crippen LogP contribution in [0.5, 0.6) is 0 Å². The zero-order valence-electron chi connectivity index (χ0n) is 17.1. The fourth-order valence-electron chi connectivity index (χ4n) is 2.98. The van der Waals surface area contributed by atoms with Crippen molar-refractivity contribution in [2.24, 2.45) is 5.73 Å². The Labute approximate surface area is 176 Å². The minimum Gasteiger partial charge on any atom is -0.418 e. The van der Waals surface area contributed by atoms with Crippen LogP contribution in [0.25, 0.3) is 0 Å². The fourth-order valence-corrected chi connectivity index (χ4v) is 2.98. The van der Waals surface area contributed by atoms with E-state index in [9.17, 15) is 20.1 Å². The van der Waals surface area contributed by atoms with Gasteiger partial charge in [0.1, 0.15) is 12.2 Å². The van der Waals surface area contributed by atoms with Crippen molar-refractivity contribution < 1.29 is 29.6 Å². The van der Waals surface area contributed by atoms with Gasteiger partial charge in [-0.15, -0.1) is 0 Å². The van der Waals surface area contributed by atoms with Crippen molar-refractivity contribution in [3.63, 3.8) is 0 Å². The van der Waals surface area contributed by atoms with Crippen molar-refractivity contribution in [3.05, 3.63) is 71.8 Å². The highest BCUT2D eigenvalue weighted by Gasteiger charge is 2.33. The number of nitrogens with two attached hydrogens (primary N) is 1. The van der Waals surface area contributed by atoms with Gasteiger partial charge in [0.05, 0.1) is 25.3 Å². The summed E-state index contributed by atoms with van der Waals surface area (Å²) in [4.78, 5) is 12.4. The largest absolute Gasteiger partial charge is 0.418 e. The highest BCUT2D eigenvalue weighted by Crippen LogP contribution is 2.27. The van der Waals surface area contributed by atoms with E-state index in [0.717, 1.165) is 5.56 Å². The molecule has 0 bridgehead atoms. The van der Waals surface area contributed by atoms with Gasteiger partial charge in [-0.25, -0.2) is 4.79 Å². The molecule has 4 atom stereocenters. The quantitative estimate of drug-likeness (QED) is 0.370. The molecule has 0 spiro atoms. The summed E-state index contributed by atoms with van der Waals surface area (Å²) in [5.74, 6) is -1.41. The summed E-state index contributed by atoms with van der Waals surface area (Å²) in [6, 6.07) is 16.0. The maximum absolute atomic E-state index is 12.4. The van der Waals surface area contributed by atoms with Crippen LogP contribution in [0.2, 0.25) is 0 Å². The zero-order valence-corrected chi connectivity index (χ0v) is 17.1. The number of hydrogen-bond donors (Lipinski definition) is 5. The number of carbonyl (C=O) groups is 1. The second-order valence-corrected chi connectivity index (χ2v) is 7.37. The summed E-state index contributed by atoms with van der Waals surface area (Å²) in [7, 11) is 0. The molecule has 0 radical (unpaired) electrons. The van der Waals surface area contributed by atoms with Crippen LogP contribution in [0.3, 0.4) is 0 Å². The fraction of sp³-hybridized carbons (Fsp3) is 0.409. The number of ether oxygens (including phenoxy) is 2. The lowest BCUT2D eigenvalue weighted by Crippen LogP contribution is -2.47. The Kier molecular flexibility index (Phi) is 8.76. The number of rotatable bonds is 10. The number of benzene rings is 2. The normalized spacial score (nSPS) is 15.7. The van der Waals surface area contributed by atoms with Crippen molar-refractivity contribution >= 4 is 6.09 Å². The minimum absolute atomic E-state index is 0.322. The lowest BCUT2D eigenvalue weighted by Gasteiger charge is -2.33. The molecule has 0 saturated heterocycles. The van der Waals surface area contributed by atoms with Crippen LogP contribution >= 0.6 is 0 Å². The van der Waals surface area contributed by atoms with Gasteiger partial charge in [0, 0.05) is 13.8 Å². The van der Waals surface area contributed by atoms with Gasteiger partial charge in [-0.3, -0.25) is 0 Å². The second-order valence-electron chi connectivity index (χ2n) is 7.37. The summed E-state index contributed by atoms with van der Waals surface area (Å²) in [5.41, 5.74) is 7.27. The predicted molar refractivity (Wildman–Crippen MR) is 111 cm³/mol. The number of aliphatic hydroxyl groups excluding tert-OH is 3. The van der Waals surface area contributed by atoms with Gasteiger partial charge in [-0.05, 0) is 11.1 Å².